The van der Waals surface area contributed by atoms with E-state index >= 15 is 0 Å². The van der Waals surface area contributed by atoms with Gasteiger partial charge < -0.3 is 10.4 Å². The van der Waals surface area contributed by atoms with Crippen LogP contribution in [0.15, 0.2) is 42.5 Å². The molecule has 1 atom stereocenters. The van der Waals surface area contributed by atoms with Gasteiger partial charge in [-0.15, -0.1) is 0 Å². The second kappa shape index (κ2) is 7.41. The van der Waals surface area contributed by atoms with Gasteiger partial charge in [-0.1, -0.05) is 63.1 Å². The largest absolute Gasteiger partial charge is 0.387 e. The molecule has 0 fully saturated rings. The van der Waals surface area contributed by atoms with E-state index in [1.807, 2.05) is 18.2 Å². The number of aliphatic hydroxyl groups is 1. The first-order chi connectivity index (χ1) is 9.74. The summed E-state index contributed by atoms with van der Waals surface area (Å²) < 4.78 is 0. The first-order valence-electron chi connectivity index (χ1n) is 7.62. The van der Waals surface area contributed by atoms with Crippen LogP contribution in [0.25, 0.3) is 10.8 Å². The Bertz CT molecular complexity index is 534. The van der Waals surface area contributed by atoms with Gasteiger partial charge >= 0.3 is 0 Å². The lowest BCUT2D eigenvalue weighted by atomic mass is 10.0. The Morgan fingerprint density at radius 2 is 1.65 bits per heavy atom. The van der Waals surface area contributed by atoms with Crippen molar-refractivity contribution in [2.24, 2.45) is 5.92 Å². The van der Waals surface area contributed by atoms with Crippen LogP contribution in [0.4, 0.5) is 0 Å². The topological polar surface area (TPSA) is 32.3 Å². The third-order valence-electron chi connectivity index (χ3n) is 4.08. The second-order valence-electron chi connectivity index (χ2n) is 5.46. The third kappa shape index (κ3) is 3.81. The Kier molecular flexibility index (Phi) is 5.57. The molecule has 108 valence electrons. The molecule has 20 heavy (non-hydrogen) atoms. The van der Waals surface area contributed by atoms with Gasteiger partial charge in [0.1, 0.15) is 0 Å². The molecular formula is C18H25NO. The van der Waals surface area contributed by atoms with Crippen molar-refractivity contribution in [2.75, 3.05) is 13.1 Å². The average Bonchev–Trinajstić information content (AvgIpc) is 2.51. The minimum absolute atomic E-state index is 0.436. The molecule has 2 heteroatoms. The van der Waals surface area contributed by atoms with Crippen LogP contribution in [-0.2, 0) is 0 Å². The van der Waals surface area contributed by atoms with Crippen LogP contribution in [-0.4, -0.2) is 18.2 Å². The molecule has 2 nitrogen and oxygen atoms in total. The number of fused-ring (bicyclic) bond motifs is 1. The zero-order valence-corrected chi connectivity index (χ0v) is 12.5. The molecule has 0 saturated carbocycles. The summed E-state index contributed by atoms with van der Waals surface area (Å²) >= 11 is 0. The molecule has 2 aromatic carbocycles. The maximum Gasteiger partial charge on any atom is 0.0914 e. The van der Waals surface area contributed by atoms with Crippen LogP contribution in [0.3, 0.4) is 0 Å². The zero-order chi connectivity index (χ0) is 14.4. The molecule has 0 heterocycles. The highest BCUT2D eigenvalue weighted by atomic mass is 16.3. The predicted octanol–water partition coefficient (Wildman–Crippen LogP) is 3.90. The van der Waals surface area contributed by atoms with Crippen molar-refractivity contribution in [2.45, 2.75) is 32.8 Å². The van der Waals surface area contributed by atoms with Gasteiger partial charge in [0.25, 0.3) is 0 Å². The zero-order valence-electron chi connectivity index (χ0n) is 12.5. The molecule has 0 aliphatic heterocycles. The molecule has 0 aliphatic rings. The van der Waals surface area contributed by atoms with Gasteiger partial charge in [-0.05, 0) is 34.9 Å². The van der Waals surface area contributed by atoms with E-state index < -0.39 is 6.10 Å². The Balaban J connectivity index is 1.95. The Morgan fingerprint density at radius 1 is 0.950 bits per heavy atom. The van der Waals surface area contributed by atoms with Gasteiger partial charge in [0.15, 0.2) is 0 Å². The molecule has 0 aromatic heterocycles. The van der Waals surface area contributed by atoms with E-state index in [0.717, 1.165) is 12.1 Å². The monoisotopic (exact) mass is 271 g/mol. The molecule has 0 radical (unpaired) electrons. The molecule has 0 amide bonds. The first-order valence-corrected chi connectivity index (χ1v) is 7.62. The second-order valence-corrected chi connectivity index (χ2v) is 5.46. The molecule has 0 spiro atoms. The minimum Gasteiger partial charge on any atom is -0.387 e. The standard InChI is InChI=1S/C18H25NO/c1-3-14(4-2)12-19-13-18(20)17-10-9-15-7-5-6-8-16(15)11-17/h5-11,14,18-20H,3-4,12-13H2,1-2H3. The minimum atomic E-state index is -0.436. The van der Waals surface area contributed by atoms with E-state index in [4.69, 9.17) is 0 Å². The normalized spacial score (nSPS) is 13.0. The van der Waals surface area contributed by atoms with Gasteiger partial charge in [-0.2, -0.15) is 0 Å². The van der Waals surface area contributed by atoms with E-state index in [2.05, 4.69) is 43.4 Å². The molecule has 2 aromatic rings. The maximum atomic E-state index is 10.3. The van der Waals surface area contributed by atoms with Gasteiger partial charge in [0.2, 0.25) is 0 Å². The van der Waals surface area contributed by atoms with Gasteiger partial charge in [-0.25, -0.2) is 0 Å². The van der Waals surface area contributed by atoms with Gasteiger partial charge in [0.05, 0.1) is 6.10 Å². The van der Waals surface area contributed by atoms with Crippen molar-refractivity contribution in [3.05, 3.63) is 48.0 Å². The number of rotatable bonds is 7. The Morgan fingerprint density at radius 3 is 2.35 bits per heavy atom. The van der Waals surface area contributed by atoms with E-state index in [9.17, 15) is 5.11 Å². The van der Waals surface area contributed by atoms with Crippen molar-refractivity contribution in [3.8, 4) is 0 Å². The van der Waals surface area contributed by atoms with E-state index in [0.29, 0.717) is 12.5 Å². The fourth-order valence-electron chi connectivity index (χ4n) is 2.53. The average molecular weight is 271 g/mol. The molecule has 0 bridgehead atoms. The van der Waals surface area contributed by atoms with Crippen molar-refractivity contribution in [1.82, 2.24) is 5.32 Å². The number of hydrogen-bond acceptors (Lipinski definition) is 2. The summed E-state index contributed by atoms with van der Waals surface area (Å²) in [6.45, 7) is 6.04. The van der Waals surface area contributed by atoms with Crippen LogP contribution in [0.2, 0.25) is 0 Å². The van der Waals surface area contributed by atoms with E-state index in [-0.39, 0.29) is 0 Å². The molecule has 2 N–H and O–H groups in total. The number of aliphatic hydroxyl groups excluding tert-OH is 1. The third-order valence-corrected chi connectivity index (χ3v) is 4.08. The molecule has 2 rings (SSSR count). The summed E-state index contributed by atoms with van der Waals surface area (Å²) in [5.74, 6) is 0.707. The lowest BCUT2D eigenvalue weighted by Crippen LogP contribution is -2.27. The summed E-state index contributed by atoms with van der Waals surface area (Å²) in [5.41, 5.74) is 0.987. The predicted molar refractivity (Wildman–Crippen MR) is 85.8 cm³/mol. The molecule has 0 aliphatic carbocycles. The highest BCUT2D eigenvalue weighted by Crippen LogP contribution is 2.20. The maximum absolute atomic E-state index is 10.3. The Hall–Kier alpha value is -1.38. The van der Waals surface area contributed by atoms with Crippen molar-refractivity contribution >= 4 is 10.8 Å². The van der Waals surface area contributed by atoms with Gasteiger partial charge in [-0.3, -0.25) is 0 Å². The highest BCUT2D eigenvalue weighted by molar-refractivity contribution is 5.83. The summed E-state index contributed by atoms with van der Waals surface area (Å²) in [6, 6.07) is 14.4. The fourth-order valence-corrected chi connectivity index (χ4v) is 2.53. The number of nitrogens with one attached hydrogen (secondary N) is 1. The summed E-state index contributed by atoms with van der Waals surface area (Å²) in [5, 5.41) is 16.1. The van der Waals surface area contributed by atoms with Crippen molar-refractivity contribution in [3.63, 3.8) is 0 Å². The van der Waals surface area contributed by atoms with E-state index in [1.165, 1.54) is 23.6 Å². The lowest BCUT2D eigenvalue weighted by Gasteiger charge is -2.16. The van der Waals surface area contributed by atoms with Crippen LogP contribution in [0, 0.1) is 5.92 Å². The SMILES string of the molecule is CCC(CC)CNCC(O)c1ccc2ccccc2c1. The van der Waals surface area contributed by atoms with Crippen molar-refractivity contribution in [1.29, 1.82) is 0 Å². The van der Waals surface area contributed by atoms with Crippen molar-refractivity contribution < 1.29 is 5.11 Å². The first kappa shape index (κ1) is 15.0. The van der Waals surface area contributed by atoms with Crippen LogP contribution >= 0.6 is 0 Å². The number of hydrogen-bond donors (Lipinski definition) is 2. The highest BCUT2D eigenvalue weighted by Gasteiger charge is 2.09. The lowest BCUT2D eigenvalue weighted by molar-refractivity contribution is 0.172. The van der Waals surface area contributed by atoms with Crippen LogP contribution in [0.1, 0.15) is 38.4 Å². The van der Waals surface area contributed by atoms with Crippen LogP contribution in [0.5, 0.6) is 0 Å². The molecule has 0 saturated heterocycles. The molecular weight excluding hydrogens is 246 g/mol. The number of benzene rings is 2. The summed E-state index contributed by atoms with van der Waals surface area (Å²) in [7, 11) is 0. The van der Waals surface area contributed by atoms with Gasteiger partial charge in [0, 0.05) is 6.54 Å². The van der Waals surface area contributed by atoms with Crippen LogP contribution < -0.4 is 5.32 Å². The smallest absolute Gasteiger partial charge is 0.0914 e. The Labute approximate surface area is 121 Å². The fraction of sp³-hybridized carbons (Fsp3) is 0.444. The summed E-state index contributed by atoms with van der Waals surface area (Å²) in [4.78, 5) is 0. The van der Waals surface area contributed by atoms with E-state index in [1.54, 1.807) is 0 Å². The molecule has 1 unspecified atom stereocenters. The quantitative estimate of drug-likeness (QED) is 0.800. The summed E-state index contributed by atoms with van der Waals surface area (Å²) in [6.07, 6.45) is 1.94.